The van der Waals surface area contributed by atoms with E-state index in [1.165, 1.54) is 16.8 Å². The molecule has 1 aliphatic rings. The molecule has 1 aliphatic carbocycles. The first-order valence-corrected chi connectivity index (χ1v) is 9.44. The van der Waals surface area contributed by atoms with Crippen LogP contribution in [-0.2, 0) is 25.6 Å². The number of aromatic amines is 1. The largest absolute Gasteiger partial charge is 0.416 e. The Morgan fingerprint density at radius 2 is 1.97 bits per heavy atom. The van der Waals surface area contributed by atoms with Crippen LogP contribution in [0.5, 0.6) is 0 Å². The van der Waals surface area contributed by atoms with E-state index in [0.717, 1.165) is 18.2 Å². The van der Waals surface area contributed by atoms with Crippen LogP contribution in [0.1, 0.15) is 28.8 Å². The van der Waals surface area contributed by atoms with Crippen molar-refractivity contribution in [3.63, 3.8) is 0 Å². The molecule has 4 rings (SSSR count). The summed E-state index contributed by atoms with van der Waals surface area (Å²) in [5.41, 5.74) is 1.05. The maximum atomic E-state index is 13.3. The van der Waals surface area contributed by atoms with Gasteiger partial charge in [0, 0.05) is 30.0 Å². The molecule has 0 amide bonds. The second-order valence-electron chi connectivity index (χ2n) is 7.36. The highest BCUT2D eigenvalue weighted by atomic mass is 19.4. The van der Waals surface area contributed by atoms with Gasteiger partial charge >= 0.3 is 6.18 Å². The van der Waals surface area contributed by atoms with Crippen LogP contribution in [0.15, 0.2) is 53.5 Å². The fraction of sp³-hybridized carbons (Fsp3) is 0.333. The summed E-state index contributed by atoms with van der Waals surface area (Å²) >= 11 is 0. The lowest BCUT2D eigenvalue weighted by atomic mass is 9.92. The lowest BCUT2D eigenvalue weighted by Gasteiger charge is -2.31. The molecule has 0 radical (unpaired) electrons. The number of aromatic nitrogens is 3. The summed E-state index contributed by atoms with van der Waals surface area (Å²) in [6, 6.07) is 11.0. The molecule has 0 saturated heterocycles. The number of rotatable bonds is 4. The van der Waals surface area contributed by atoms with E-state index >= 15 is 0 Å². The van der Waals surface area contributed by atoms with Gasteiger partial charge in [-0.15, -0.1) is 0 Å². The quantitative estimate of drug-likeness (QED) is 0.726. The number of H-pyrrole nitrogens is 1. The SMILES string of the molecule is CN(Cc1ccccc1C(F)(F)F)C1CCc2[nH]n(-c3ccccn3)c(=O)c2C1. The summed E-state index contributed by atoms with van der Waals surface area (Å²) in [4.78, 5) is 19.0. The normalized spacial score (nSPS) is 16.8. The minimum absolute atomic E-state index is 0.00975. The monoisotopic (exact) mass is 402 g/mol. The smallest absolute Gasteiger partial charge is 0.299 e. The van der Waals surface area contributed by atoms with Crippen LogP contribution in [0.4, 0.5) is 13.2 Å². The molecule has 152 valence electrons. The zero-order chi connectivity index (χ0) is 20.6. The van der Waals surface area contributed by atoms with Crippen molar-refractivity contribution >= 4 is 0 Å². The highest BCUT2D eigenvalue weighted by Crippen LogP contribution is 2.33. The highest BCUT2D eigenvalue weighted by Gasteiger charge is 2.34. The van der Waals surface area contributed by atoms with Crippen molar-refractivity contribution in [3.05, 3.63) is 81.4 Å². The molecule has 1 atom stereocenters. The van der Waals surface area contributed by atoms with E-state index in [1.54, 1.807) is 24.4 Å². The van der Waals surface area contributed by atoms with Crippen LogP contribution < -0.4 is 5.56 Å². The average Bonchev–Trinajstić information content (AvgIpc) is 3.04. The fourth-order valence-electron chi connectivity index (χ4n) is 3.94. The number of hydrogen-bond acceptors (Lipinski definition) is 3. The molecule has 0 spiro atoms. The first-order valence-electron chi connectivity index (χ1n) is 9.44. The van der Waals surface area contributed by atoms with Gasteiger partial charge in [-0.1, -0.05) is 24.3 Å². The van der Waals surface area contributed by atoms with E-state index in [1.807, 2.05) is 18.0 Å². The summed E-state index contributed by atoms with van der Waals surface area (Å²) < 4.78 is 41.3. The van der Waals surface area contributed by atoms with Crippen molar-refractivity contribution in [3.8, 4) is 5.82 Å². The average molecular weight is 402 g/mol. The van der Waals surface area contributed by atoms with E-state index < -0.39 is 11.7 Å². The van der Waals surface area contributed by atoms with Gasteiger partial charge in [0.1, 0.15) is 0 Å². The molecular formula is C21H21F3N4O. The van der Waals surface area contributed by atoms with Gasteiger partial charge in [0.15, 0.2) is 5.82 Å². The van der Waals surface area contributed by atoms with Crippen LogP contribution in [0.2, 0.25) is 0 Å². The number of aryl methyl sites for hydroxylation is 1. The summed E-state index contributed by atoms with van der Waals surface area (Å²) in [5, 5.41) is 3.13. The predicted molar refractivity (Wildman–Crippen MR) is 103 cm³/mol. The van der Waals surface area contributed by atoms with Crippen molar-refractivity contribution in [2.45, 2.75) is 38.0 Å². The Labute approximate surface area is 165 Å². The van der Waals surface area contributed by atoms with Crippen molar-refractivity contribution in [1.29, 1.82) is 0 Å². The molecule has 8 heteroatoms. The van der Waals surface area contributed by atoms with Gasteiger partial charge in [0.2, 0.25) is 0 Å². The minimum atomic E-state index is -4.38. The maximum Gasteiger partial charge on any atom is 0.416 e. The molecule has 1 aromatic carbocycles. The number of nitrogens with zero attached hydrogens (tertiary/aromatic N) is 3. The fourth-order valence-corrected chi connectivity index (χ4v) is 3.94. The number of likely N-dealkylation sites (N-methyl/N-ethyl adjacent to an activating group) is 1. The Morgan fingerprint density at radius 3 is 2.69 bits per heavy atom. The summed E-state index contributed by atoms with van der Waals surface area (Å²) in [6.07, 6.45) is -0.833. The van der Waals surface area contributed by atoms with Gasteiger partial charge in [-0.3, -0.25) is 14.8 Å². The van der Waals surface area contributed by atoms with Crippen LogP contribution in [0, 0.1) is 0 Å². The molecule has 0 fully saturated rings. The number of nitrogens with one attached hydrogen (secondary N) is 1. The van der Waals surface area contributed by atoms with Crippen molar-refractivity contribution in [2.24, 2.45) is 0 Å². The summed E-state index contributed by atoms with van der Waals surface area (Å²) in [5.74, 6) is 0.524. The Morgan fingerprint density at radius 1 is 1.21 bits per heavy atom. The second kappa shape index (κ2) is 7.51. The number of hydrogen-bond donors (Lipinski definition) is 1. The summed E-state index contributed by atoms with van der Waals surface area (Å²) in [7, 11) is 1.81. The molecule has 2 aromatic heterocycles. The number of pyridine rings is 1. The van der Waals surface area contributed by atoms with Crippen LogP contribution in [-0.4, -0.2) is 32.8 Å². The van der Waals surface area contributed by atoms with Crippen LogP contribution in [0.25, 0.3) is 5.82 Å². The lowest BCUT2D eigenvalue weighted by molar-refractivity contribution is -0.138. The Balaban J connectivity index is 1.55. The first-order chi connectivity index (χ1) is 13.8. The molecule has 0 aliphatic heterocycles. The van der Waals surface area contributed by atoms with Crippen molar-refractivity contribution in [1.82, 2.24) is 19.7 Å². The van der Waals surface area contributed by atoms with Crippen molar-refractivity contribution in [2.75, 3.05) is 7.05 Å². The number of benzene rings is 1. The Bertz CT molecular complexity index is 1060. The third-order valence-corrected chi connectivity index (χ3v) is 5.48. The second-order valence-corrected chi connectivity index (χ2v) is 7.36. The van der Waals surface area contributed by atoms with Gasteiger partial charge in [-0.2, -0.15) is 13.2 Å². The number of halogens is 3. The van der Waals surface area contributed by atoms with Gasteiger partial charge in [0.05, 0.1) is 5.56 Å². The molecule has 2 heterocycles. The highest BCUT2D eigenvalue weighted by molar-refractivity contribution is 5.31. The standard InChI is InChI=1S/C21H21F3N4O/c1-27(13-14-6-2-3-7-17(14)21(22,23)24)15-9-10-18-16(12-15)20(29)28(26-18)19-8-4-5-11-25-19/h2-8,11,15,26H,9-10,12-13H2,1H3. The topological polar surface area (TPSA) is 53.9 Å². The third-order valence-electron chi connectivity index (χ3n) is 5.48. The number of alkyl halides is 3. The molecule has 1 unspecified atom stereocenters. The van der Waals surface area contributed by atoms with Gasteiger partial charge in [0.25, 0.3) is 5.56 Å². The number of fused-ring (bicyclic) bond motifs is 1. The van der Waals surface area contributed by atoms with Gasteiger partial charge < -0.3 is 0 Å². The van der Waals surface area contributed by atoms with E-state index in [2.05, 4.69) is 10.1 Å². The Kier molecular flexibility index (Phi) is 5.04. The molecular weight excluding hydrogens is 381 g/mol. The summed E-state index contributed by atoms with van der Waals surface area (Å²) in [6.45, 7) is 0.175. The molecule has 1 N–H and O–H groups in total. The van der Waals surface area contributed by atoms with E-state index in [0.29, 0.717) is 24.2 Å². The lowest BCUT2D eigenvalue weighted by Crippen LogP contribution is -2.37. The van der Waals surface area contributed by atoms with Crippen LogP contribution >= 0.6 is 0 Å². The van der Waals surface area contributed by atoms with Gasteiger partial charge in [-0.05, 0) is 50.1 Å². The zero-order valence-electron chi connectivity index (χ0n) is 15.9. The van der Waals surface area contributed by atoms with E-state index in [-0.39, 0.29) is 23.7 Å². The molecule has 29 heavy (non-hydrogen) atoms. The van der Waals surface area contributed by atoms with Crippen molar-refractivity contribution < 1.29 is 13.2 Å². The Hall–Kier alpha value is -2.87. The van der Waals surface area contributed by atoms with E-state index in [4.69, 9.17) is 0 Å². The van der Waals surface area contributed by atoms with E-state index in [9.17, 15) is 18.0 Å². The molecule has 0 saturated carbocycles. The first kappa shape index (κ1) is 19.4. The minimum Gasteiger partial charge on any atom is -0.299 e. The van der Waals surface area contributed by atoms with Crippen LogP contribution in [0.3, 0.4) is 0 Å². The maximum absolute atomic E-state index is 13.3. The molecule has 3 aromatic rings. The van der Waals surface area contributed by atoms with Gasteiger partial charge in [-0.25, -0.2) is 9.67 Å². The predicted octanol–water partition coefficient (Wildman–Crippen LogP) is 3.57. The third kappa shape index (κ3) is 3.85. The molecule has 5 nitrogen and oxygen atoms in total. The molecule has 0 bridgehead atoms. The zero-order valence-corrected chi connectivity index (χ0v) is 15.9.